The van der Waals surface area contributed by atoms with Crippen LogP contribution in [0.3, 0.4) is 0 Å². The summed E-state index contributed by atoms with van der Waals surface area (Å²) in [5, 5.41) is 2.91. The van der Waals surface area contributed by atoms with E-state index in [1.165, 1.54) is 19.3 Å². The number of likely N-dealkylation sites (tertiary alicyclic amines) is 1. The molecule has 6 heteroatoms. The SMILES string of the molecule is CC1(C)C=CC(=O)N(Cc2ccnc(NC(=O)CCN3CCCCC3)c2)C1(C)C. The van der Waals surface area contributed by atoms with Gasteiger partial charge in [0.2, 0.25) is 11.8 Å². The Balaban J connectivity index is 1.61. The molecule has 29 heavy (non-hydrogen) atoms. The molecule has 1 aromatic rings. The van der Waals surface area contributed by atoms with Crippen LogP contribution in [0.4, 0.5) is 5.82 Å². The molecule has 0 aromatic carbocycles. The molecule has 1 fully saturated rings. The van der Waals surface area contributed by atoms with E-state index >= 15 is 0 Å². The highest BCUT2D eigenvalue weighted by Crippen LogP contribution is 2.40. The van der Waals surface area contributed by atoms with Crippen molar-refractivity contribution in [2.75, 3.05) is 25.0 Å². The molecule has 0 bridgehead atoms. The van der Waals surface area contributed by atoms with Gasteiger partial charge in [0, 0.05) is 36.7 Å². The van der Waals surface area contributed by atoms with Crippen LogP contribution < -0.4 is 5.32 Å². The number of aromatic nitrogens is 1. The van der Waals surface area contributed by atoms with Gasteiger partial charge in [-0.1, -0.05) is 26.3 Å². The molecule has 6 nitrogen and oxygen atoms in total. The van der Waals surface area contributed by atoms with Crippen LogP contribution in [0.5, 0.6) is 0 Å². The zero-order valence-electron chi connectivity index (χ0n) is 18.2. The molecule has 0 aliphatic carbocycles. The first kappa shape index (κ1) is 21.5. The van der Waals surface area contributed by atoms with Crippen LogP contribution in [-0.2, 0) is 16.1 Å². The maximum Gasteiger partial charge on any atom is 0.247 e. The molecule has 0 spiro atoms. The molecule has 0 radical (unpaired) electrons. The third-order valence-electron chi connectivity index (χ3n) is 6.70. The van der Waals surface area contributed by atoms with Gasteiger partial charge in [-0.25, -0.2) is 4.98 Å². The molecule has 2 amide bonds. The summed E-state index contributed by atoms with van der Waals surface area (Å²) in [7, 11) is 0. The molecule has 158 valence electrons. The number of amides is 2. The van der Waals surface area contributed by atoms with E-state index in [1.54, 1.807) is 12.3 Å². The fourth-order valence-corrected chi connectivity index (χ4v) is 3.94. The summed E-state index contributed by atoms with van der Waals surface area (Å²) >= 11 is 0. The van der Waals surface area contributed by atoms with E-state index in [9.17, 15) is 9.59 Å². The molecule has 3 heterocycles. The first-order chi connectivity index (χ1) is 13.7. The van der Waals surface area contributed by atoms with Crippen LogP contribution in [0.25, 0.3) is 0 Å². The highest BCUT2D eigenvalue weighted by atomic mass is 16.2. The summed E-state index contributed by atoms with van der Waals surface area (Å²) in [6.45, 7) is 11.9. The third kappa shape index (κ3) is 5.04. The fourth-order valence-electron chi connectivity index (χ4n) is 3.94. The van der Waals surface area contributed by atoms with Gasteiger partial charge >= 0.3 is 0 Å². The lowest BCUT2D eigenvalue weighted by Crippen LogP contribution is -2.57. The minimum absolute atomic E-state index is 0.0123. The Morgan fingerprint density at radius 1 is 1.17 bits per heavy atom. The Labute approximate surface area is 174 Å². The van der Waals surface area contributed by atoms with Crippen molar-refractivity contribution in [3.8, 4) is 0 Å². The molecule has 0 saturated carbocycles. The van der Waals surface area contributed by atoms with E-state index in [4.69, 9.17) is 0 Å². The van der Waals surface area contributed by atoms with Crippen molar-refractivity contribution in [2.45, 2.75) is 65.5 Å². The second kappa shape index (κ2) is 8.66. The van der Waals surface area contributed by atoms with Crippen LogP contribution in [0.15, 0.2) is 30.5 Å². The molecule has 1 N–H and O–H groups in total. The first-order valence-corrected chi connectivity index (χ1v) is 10.7. The molecule has 3 rings (SSSR count). The number of carbonyl (C=O) groups excluding carboxylic acids is 2. The van der Waals surface area contributed by atoms with Gasteiger partial charge in [0.25, 0.3) is 0 Å². The summed E-state index contributed by atoms with van der Waals surface area (Å²) < 4.78 is 0. The molecular weight excluding hydrogens is 364 g/mol. The summed E-state index contributed by atoms with van der Waals surface area (Å²) in [5.74, 6) is 0.542. The number of nitrogens with zero attached hydrogens (tertiary/aromatic N) is 3. The van der Waals surface area contributed by atoms with Gasteiger partial charge in [-0.3, -0.25) is 9.59 Å². The van der Waals surface area contributed by atoms with Crippen molar-refractivity contribution < 1.29 is 9.59 Å². The molecule has 1 aromatic heterocycles. The second-order valence-corrected chi connectivity index (χ2v) is 9.29. The number of piperidine rings is 1. The molecule has 0 atom stereocenters. The average Bonchev–Trinajstić information content (AvgIpc) is 2.68. The van der Waals surface area contributed by atoms with E-state index in [0.717, 1.165) is 25.2 Å². The van der Waals surface area contributed by atoms with Crippen LogP contribution in [0, 0.1) is 5.41 Å². The van der Waals surface area contributed by atoms with Crippen molar-refractivity contribution >= 4 is 17.6 Å². The Bertz CT molecular complexity index is 779. The van der Waals surface area contributed by atoms with Gasteiger partial charge in [0.05, 0.1) is 0 Å². The van der Waals surface area contributed by atoms with Crippen molar-refractivity contribution in [3.05, 3.63) is 36.0 Å². The number of anilines is 1. The standard InChI is InChI=1S/C23H34N4O2/c1-22(2)11-8-21(29)27(23(22,3)4)17-18-9-12-24-19(16-18)25-20(28)10-15-26-13-6-5-7-14-26/h8-9,11-12,16H,5-7,10,13-15,17H2,1-4H3,(H,24,25,28). The quantitative estimate of drug-likeness (QED) is 0.795. The van der Waals surface area contributed by atoms with E-state index in [-0.39, 0.29) is 22.8 Å². The van der Waals surface area contributed by atoms with E-state index in [2.05, 4.69) is 42.9 Å². The Morgan fingerprint density at radius 3 is 2.62 bits per heavy atom. The summed E-state index contributed by atoms with van der Waals surface area (Å²) in [6, 6.07) is 3.77. The van der Waals surface area contributed by atoms with Gasteiger partial charge in [-0.05, 0) is 63.6 Å². The van der Waals surface area contributed by atoms with Crippen LogP contribution >= 0.6 is 0 Å². The van der Waals surface area contributed by atoms with Gasteiger partial charge in [-0.2, -0.15) is 0 Å². The minimum Gasteiger partial charge on any atom is -0.329 e. The summed E-state index contributed by atoms with van der Waals surface area (Å²) in [5.41, 5.74) is 0.512. The number of rotatable bonds is 6. The highest BCUT2D eigenvalue weighted by Gasteiger charge is 2.44. The normalized spacial score (nSPS) is 21.2. The first-order valence-electron chi connectivity index (χ1n) is 10.7. The van der Waals surface area contributed by atoms with Gasteiger partial charge < -0.3 is 15.1 Å². The monoisotopic (exact) mass is 398 g/mol. The van der Waals surface area contributed by atoms with Gasteiger partial charge in [0.1, 0.15) is 5.82 Å². The van der Waals surface area contributed by atoms with Crippen molar-refractivity contribution in [1.82, 2.24) is 14.8 Å². The predicted molar refractivity (Wildman–Crippen MR) is 115 cm³/mol. The topological polar surface area (TPSA) is 65.5 Å². The second-order valence-electron chi connectivity index (χ2n) is 9.29. The molecule has 1 saturated heterocycles. The van der Waals surface area contributed by atoms with Crippen LogP contribution in [-0.4, -0.2) is 51.8 Å². The molecule has 0 unspecified atom stereocenters. The molecule has 2 aliphatic rings. The zero-order chi connectivity index (χ0) is 21.1. The van der Waals surface area contributed by atoms with E-state index in [0.29, 0.717) is 18.8 Å². The largest absolute Gasteiger partial charge is 0.329 e. The van der Waals surface area contributed by atoms with Gasteiger partial charge in [-0.15, -0.1) is 0 Å². The maximum absolute atomic E-state index is 12.5. The Hall–Kier alpha value is -2.21. The lowest BCUT2D eigenvalue weighted by atomic mass is 9.71. The Kier molecular flexibility index (Phi) is 6.42. The smallest absolute Gasteiger partial charge is 0.247 e. The lowest BCUT2D eigenvalue weighted by Gasteiger charge is -2.50. The summed E-state index contributed by atoms with van der Waals surface area (Å²) in [6.07, 6.45) is 9.57. The lowest BCUT2D eigenvalue weighted by molar-refractivity contribution is -0.137. The van der Waals surface area contributed by atoms with E-state index in [1.807, 2.05) is 23.1 Å². The average molecular weight is 399 g/mol. The number of hydrogen-bond donors (Lipinski definition) is 1. The van der Waals surface area contributed by atoms with Crippen LogP contribution in [0.2, 0.25) is 0 Å². The Morgan fingerprint density at radius 2 is 1.90 bits per heavy atom. The maximum atomic E-state index is 12.5. The third-order valence-corrected chi connectivity index (χ3v) is 6.70. The van der Waals surface area contributed by atoms with Crippen molar-refractivity contribution in [2.24, 2.45) is 5.41 Å². The van der Waals surface area contributed by atoms with Crippen LogP contribution in [0.1, 0.15) is 58.9 Å². The minimum atomic E-state index is -0.319. The number of pyridine rings is 1. The van der Waals surface area contributed by atoms with E-state index < -0.39 is 0 Å². The number of nitrogens with one attached hydrogen (secondary N) is 1. The number of hydrogen-bond acceptors (Lipinski definition) is 4. The highest BCUT2D eigenvalue weighted by molar-refractivity contribution is 5.90. The molecular formula is C23H34N4O2. The fraction of sp³-hybridized carbons (Fsp3) is 0.609. The predicted octanol–water partition coefficient (Wildman–Crippen LogP) is 3.60. The molecule has 2 aliphatic heterocycles. The number of carbonyl (C=O) groups is 2. The van der Waals surface area contributed by atoms with Crippen molar-refractivity contribution in [1.29, 1.82) is 0 Å². The summed E-state index contributed by atoms with van der Waals surface area (Å²) in [4.78, 5) is 33.4. The zero-order valence-corrected chi connectivity index (χ0v) is 18.2. The van der Waals surface area contributed by atoms with Gasteiger partial charge in [0.15, 0.2) is 0 Å². The van der Waals surface area contributed by atoms with Crippen molar-refractivity contribution in [3.63, 3.8) is 0 Å².